The molecule has 5 atom stereocenters. The zero-order chi connectivity index (χ0) is 22.2. The molecule has 3 aliphatic rings. The fourth-order valence-electron chi connectivity index (χ4n) is 7.08. The number of aryl methyl sites for hydroxylation is 2. The molecule has 178 valence electrons. The molecule has 32 heavy (non-hydrogen) atoms. The highest BCUT2D eigenvalue weighted by molar-refractivity contribution is 5.34. The van der Waals surface area contributed by atoms with Gasteiger partial charge in [-0.25, -0.2) is 0 Å². The number of ether oxygens (including phenoxy) is 1. The molecule has 1 nitrogen and oxygen atoms in total. The van der Waals surface area contributed by atoms with E-state index in [1.165, 1.54) is 96.3 Å². The minimum Gasteiger partial charge on any atom is -0.374 e. The van der Waals surface area contributed by atoms with Crippen LogP contribution >= 0.6 is 0 Å². The Bertz CT molecular complexity index is 719. The highest BCUT2D eigenvalue weighted by Gasteiger charge is 2.38. The summed E-state index contributed by atoms with van der Waals surface area (Å²) < 4.78 is 6.12. The predicted molar refractivity (Wildman–Crippen MR) is 137 cm³/mol. The first-order valence-electron chi connectivity index (χ1n) is 14.1. The summed E-state index contributed by atoms with van der Waals surface area (Å²) in [5.41, 5.74) is 4.95. The molecule has 0 amide bonds. The maximum Gasteiger partial charge on any atom is 0.0651 e. The summed E-state index contributed by atoms with van der Waals surface area (Å²) in [6.07, 6.45) is 25.6. The molecular formula is C31H48O. The van der Waals surface area contributed by atoms with Gasteiger partial charge in [-0.1, -0.05) is 63.0 Å². The van der Waals surface area contributed by atoms with E-state index < -0.39 is 0 Å². The van der Waals surface area contributed by atoms with Gasteiger partial charge in [0.05, 0.1) is 12.7 Å². The van der Waals surface area contributed by atoms with Crippen molar-refractivity contribution in [3.63, 3.8) is 0 Å². The van der Waals surface area contributed by atoms with Crippen LogP contribution in [0.4, 0.5) is 0 Å². The summed E-state index contributed by atoms with van der Waals surface area (Å²) in [4.78, 5) is 0. The Labute approximate surface area is 198 Å². The molecule has 0 aromatic heterocycles. The number of unbranched alkanes of at least 4 members (excludes halogenated alkanes) is 4. The summed E-state index contributed by atoms with van der Waals surface area (Å²) >= 11 is 0. The van der Waals surface area contributed by atoms with Gasteiger partial charge in [-0.15, -0.1) is 0 Å². The zero-order valence-electron chi connectivity index (χ0n) is 21.0. The average molecular weight is 437 g/mol. The minimum absolute atomic E-state index is 0.520. The Morgan fingerprint density at radius 2 is 1.62 bits per heavy atom. The van der Waals surface area contributed by atoms with Crippen molar-refractivity contribution in [1.29, 1.82) is 0 Å². The van der Waals surface area contributed by atoms with Crippen molar-refractivity contribution in [3.8, 4) is 0 Å². The fraction of sp³-hybridized carbons (Fsp3) is 0.742. The van der Waals surface area contributed by atoms with E-state index in [1.807, 2.05) is 0 Å². The lowest BCUT2D eigenvalue weighted by atomic mass is 9.62. The molecule has 0 saturated heterocycles. The highest BCUT2D eigenvalue weighted by Crippen LogP contribution is 2.47. The maximum absolute atomic E-state index is 6.12. The van der Waals surface area contributed by atoms with E-state index in [0.717, 1.165) is 30.3 Å². The van der Waals surface area contributed by atoms with Gasteiger partial charge in [0.1, 0.15) is 0 Å². The van der Waals surface area contributed by atoms with Crippen LogP contribution in [0.5, 0.6) is 0 Å². The zero-order valence-corrected chi connectivity index (χ0v) is 21.0. The van der Waals surface area contributed by atoms with Gasteiger partial charge in [0.25, 0.3) is 0 Å². The molecule has 0 radical (unpaired) electrons. The second-order valence-corrected chi connectivity index (χ2v) is 11.2. The molecule has 3 aliphatic carbocycles. The minimum atomic E-state index is 0.520. The summed E-state index contributed by atoms with van der Waals surface area (Å²) in [5.74, 6) is 3.83. The molecule has 3 unspecified atom stereocenters. The average Bonchev–Trinajstić information content (AvgIpc) is 2.83. The molecule has 2 fully saturated rings. The Kier molecular flexibility index (Phi) is 9.32. The van der Waals surface area contributed by atoms with Crippen molar-refractivity contribution < 1.29 is 4.74 Å². The van der Waals surface area contributed by atoms with E-state index >= 15 is 0 Å². The lowest BCUT2D eigenvalue weighted by Gasteiger charge is -2.45. The Balaban J connectivity index is 1.24. The van der Waals surface area contributed by atoms with Crippen LogP contribution in [0.25, 0.3) is 0 Å². The summed E-state index contributed by atoms with van der Waals surface area (Å²) in [6.45, 7) is 5.19. The molecule has 0 heterocycles. The van der Waals surface area contributed by atoms with Crippen molar-refractivity contribution in [1.82, 2.24) is 0 Å². The lowest BCUT2D eigenvalue weighted by Crippen LogP contribution is -2.37. The summed E-state index contributed by atoms with van der Waals surface area (Å²) in [6, 6.07) is 7.52. The van der Waals surface area contributed by atoms with Crippen LogP contribution in [0.3, 0.4) is 0 Å². The molecule has 2 saturated carbocycles. The normalized spacial score (nSPS) is 30.2. The molecule has 0 bridgehead atoms. The smallest absolute Gasteiger partial charge is 0.0651 e. The largest absolute Gasteiger partial charge is 0.374 e. The molecular weight excluding hydrogens is 388 g/mol. The molecule has 1 aromatic rings. The first kappa shape index (κ1) is 24.1. The van der Waals surface area contributed by atoms with Crippen molar-refractivity contribution in [3.05, 3.63) is 47.0 Å². The van der Waals surface area contributed by atoms with Crippen LogP contribution in [0.1, 0.15) is 108 Å². The van der Waals surface area contributed by atoms with Gasteiger partial charge in [-0.2, -0.15) is 0 Å². The quantitative estimate of drug-likeness (QED) is 0.264. The predicted octanol–water partition coefficient (Wildman–Crippen LogP) is 8.48. The Morgan fingerprint density at radius 1 is 0.844 bits per heavy atom. The van der Waals surface area contributed by atoms with Crippen LogP contribution in [-0.4, -0.2) is 12.7 Å². The number of hydrogen-bond acceptors (Lipinski definition) is 1. The maximum atomic E-state index is 6.12. The van der Waals surface area contributed by atoms with Crippen molar-refractivity contribution >= 4 is 0 Å². The fourth-order valence-corrected chi connectivity index (χ4v) is 7.08. The summed E-state index contributed by atoms with van der Waals surface area (Å²) in [5, 5.41) is 0. The van der Waals surface area contributed by atoms with Crippen LogP contribution in [0.2, 0.25) is 0 Å². The Hall–Kier alpha value is -1.08. The number of benzene rings is 1. The van der Waals surface area contributed by atoms with Gasteiger partial charge in [0.2, 0.25) is 0 Å². The van der Waals surface area contributed by atoms with Crippen LogP contribution in [0, 0.1) is 23.7 Å². The number of rotatable bonds is 10. The molecule has 0 aliphatic heterocycles. The van der Waals surface area contributed by atoms with Gasteiger partial charge in [-0.05, 0) is 118 Å². The van der Waals surface area contributed by atoms with E-state index in [-0.39, 0.29) is 0 Å². The third-order valence-electron chi connectivity index (χ3n) is 9.04. The van der Waals surface area contributed by atoms with Crippen LogP contribution in [0.15, 0.2) is 30.4 Å². The van der Waals surface area contributed by atoms with E-state index in [0.29, 0.717) is 6.10 Å². The van der Waals surface area contributed by atoms with Crippen molar-refractivity contribution in [2.75, 3.05) is 6.61 Å². The van der Waals surface area contributed by atoms with E-state index in [4.69, 9.17) is 4.74 Å². The first-order chi connectivity index (χ1) is 15.8. The van der Waals surface area contributed by atoms with Gasteiger partial charge in [0, 0.05) is 0 Å². The van der Waals surface area contributed by atoms with Gasteiger partial charge < -0.3 is 4.74 Å². The third-order valence-corrected chi connectivity index (χ3v) is 9.04. The van der Waals surface area contributed by atoms with E-state index in [9.17, 15) is 0 Å². The molecule has 1 aromatic carbocycles. The number of hydrogen-bond donors (Lipinski definition) is 0. The standard InChI is InChI=1S/C31H48O/c1-3-5-7-8-9-10-24-11-12-26-21-27(14-13-25(26)20-24)28-15-16-30-23-31(32-19-6-4-2)18-17-29(30)22-28/h4,6,11-12,20,27-31H,3,5,7-10,13-19,21-23H2,1-2H3/b6-4+/t27?,28?,29-,30?,31-/m1/s1. The highest BCUT2D eigenvalue weighted by atomic mass is 16.5. The van der Waals surface area contributed by atoms with Gasteiger partial charge in [0.15, 0.2) is 0 Å². The van der Waals surface area contributed by atoms with E-state index in [1.54, 1.807) is 16.7 Å². The van der Waals surface area contributed by atoms with Crippen LogP contribution < -0.4 is 0 Å². The number of allylic oxidation sites excluding steroid dienone is 1. The molecule has 4 rings (SSSR count). The lowest BCUT2D eigenvalue weighted by molar-refractivity contribution is -0.0138. The topological polar surface area (TPSA) is 9.23 Å². The van der Waals surface area contributed by atoms with E-state index in [2.05, 4.69) is 44.2 Å². The molecule has 1 heteroatoms. The molecule has 0 spiro atoms. The third kappa shape index (κ3) is 6.49. The van der Waals surface area contributed by atoms with Gasteiger partial charge in [-0.3, -0.25) is 0 Å². The summed E-state index contributed by atoms with van der Waals surface area (Å²) in [7, 11) is 0. The van der Waals surface area contributed by atoms with Crippen LogP contribution in [-0.2, 0) is 24.0 Å². The Morgan fingerprint density at radius 3 is 2.47 bits per heavy atom. The monoisotopic (exact) mass is 436 g/mol. The first-order valence-corrected chi connectivity index (χ1v) is 14.1. The second-order valence-electron chi connectivity index (χ2n) is 11.2. The van der Waals surface area contributed by atoms with Crippen molar-refractivity contribution in [2.45, 2.75) is 116 Å². The number of fused-ring (bicyclic) bond motifs is 2. The SMILES string of the molecule is C/C=C/CO[C@@H]1CC[C@@H]2CC(C3CCc4cc(CCCCCCC)ccc4C3)CCC2C1. The van der Waals surface area contributed by atoms with Crippen molar-refractivity contribution in [2.24, 2.45) is 23.7 Å². The molecule has 0 N–H and O–H groups in total. The van der Waals surface area contributed by atoms with Gasteiger partial charge >= 0.3 is 0 Å². The second kappa shape index (κ2) is 12.4.